The van der Waals surface area contributed by atoms with Crippen molar-refractivity contribution < 1.29 is 22.7 Å². The molecule has 2 N–H and O–H groups in total. The Labute approximate surface area is 202 Å². The number of amides is 1. The van der Waals surface area contributed by atoms with E-state index in [1.807, 2.05) is 4.90 Å². The molecule has 1 aliphatic rings. The van der Waals surface area contributed by atoms with Crippen molar-refractivity contribution in [1.29, 1.82) is 0 Å². The first-order chi connectivity index (χ1) is 16.1. The summed E-state index contributed by atoms with van der Waals surface area (Å²) in [6.45, 7) is 2.23. The number of carbonyl (C=O) groups excluding carboxylic acids is 1. The summed E-state index contributed by atoms with van der Waals surface area (Å²) in [5, 5.41) is 6.03. The summed E-state index contributed by atoms with van der Waals surface area (Å²) in [7, 11) is 0. The monoisotopic (exact) mass is 512 g/mol. The summed E-state index contributed by atoms with van der Waals surface area (Å²) < 4.78 is 41.4. The number of nitrogens with zero attached hydrogens (tertiary/aromatic N) is 4. The van der Waals surface area contributed by atoms with Crippen LogP contribution in [0.15, 0.2) is 36.7 Å². The van der Waals surface area contributed by atoms with E-state index in [-0.39, 0.29) is 33.3 Å². The summed E-state index contributed by atoms with van der Waals surface area (Å²) in [5.41, 5.74) is 2.30. The number of halogens is 5. The van der Waals surface area contributed by atoms with E-state index in [2.05, 4.69) is 30.3 Å². The smallest absolute Gasteiger partial charge is 0.406 e. The summed E-state index contributed by atoms with van der Waals surface area (Å²) >= 11 is 12.5. The predicted octanol–water partition coefficient (Wildman–Crippen LogP) is 5.34. The second-order valence-electron chi connectivity index (χ2n) is 7.35. The largest absolute Gasteiger partial charge is 0.573 e. The minimum Gasteiger partial charge on any atom is -0.406 e. The van der Waals surface area contributed by atoms with E-state index in [9.17, 15) is 18.0 Å². The Morgan fingerprint density at radius 3 is 2.68 bits per heavy atom. The number of fused-ring (bicyclic) bond motifs is 1. The molecule has 0 fully saturated rings. The van der Waals surface area contributed by atoms with Crippen LogP contribution in [0.5, 0.6) is 5.75 Å². The number of ether oxygens (including phenoxy) is 1. The highest BCUT2D eigenvalue weighted by Gasteiger charge is 2.31. The van der Waals surface area contributed by atoms with Crippen LogP contribution in [-0.2, 0) is 17.8 Å². The summed E-state index contributed by atoms with van der Waals surface area (Å²) in [5.74, 6) is 0.0179. The Balaban J connectivity index is 1.51. The van der Waals surface area contributed by atoms with E-state index in [1.54, 1.807) is 18.2 Å². The van der Waals surface area contributed by atoms with Gasteiger partial charge in [-0.3, -0.25) is 4.79 Å². The first-order valence-electron chi connectivity index (χ1n) is 9.93. The van der Waals surface area contributed by atoms with Crippen molar-refractivity contribution >= 4 is 52.4 Å². The highest BCUT2D eigenvalue weighted by atomic mass is 35.5. The molecule has 4 rings (SSSR count). The van der Waals surface area contributed by atoms with E-state index in [4.69, 9.17) is 23.2 Å². The van der Waals surface area contributed by atoms with Crippen molar-refractivity contribution in [3.8, 4) is 5.75 Å². The fraction of sp³-hybridized carbons (Fsp3) is 0.238. The molecule has 8 nitrogen and oxygen atoms in total. The summed E-state index contributed by atoms with van der Waals surface area (Å²) in [6, 6.07) is 7.47. The first kappa shape index (κ1) is 23.8. The maximum Gasteiger partial charge on any atom is 0.573 e. The van der Waals surface area contributed by atoms with E-state index < -0.39 is 6.36 Å². The van der Waals surface area contributed by atoms with Gasteiger partial charge in [0.1, 0.15) is 12.1 Å². The molecule has 1 aliphatic heterocycles. The topological polar surface area (TPSA) is 92.3 Å². The lowest BCUT2D eigenvalue weighted by Gasteiger charge is -2.29. The molecule has 0 spiro atoms. The molecule has 3 aromatic rings. The molecule has 0 aliphatic carbocycles. The van der Waals surface area contributed by atoms with Crippen LogP contribution in [0, 0.1) is 0 Å². The normalized spacial score (nSPS) is 13.3. The molecule has 2 aromatic carbocycles. The minimum atomic E-state index is -4.74. The molecule has 0 saturated heterocycles. The molecule has 0 unspecified atom stereocenters. The molecule has 13 heteroatoms. The lowest BCUT2D eigenvalue weighted by molar-refractivity contribution is -0.274. The van der Waals surface area contributed by atoms with E-state index in [0.717, 1.165) is 11.1 Å². The quantitative estimate of drug-likeness (QED) is 0.476. The fourth-order valence-electron chi connectivity index (χ4n) is 3.46. The standard InChI is InChI=1S/C21H17Cl2F3N6O2/c1-11(33)29-18-15(22)4-5-16(17(18)23)30-19-27-10-28-20(31-19)32-7-6-12-8-14(34-21(24,25)26)3-2-13(12)9-32/h2-5,8,10H,6-7,9H2,1H3,(H,29,33)(H,27,28,30,31). The number of aromatic nitrogens is 3. The number of nitrogens with one attached hydrogen (secondary N) is 2. The zero-order chi connectivity index (χ0) is 24.5. The summed E-state index contributed by atoms with van der Waals surface area (Å²) in [4.78, 5) is 26.1. The zero-order valence-electron chi connectivity index (χ0n) is 17.6. The number of hydrogen-bond acceptors (Lipinski definition) is 7. The molecule has 1 amide bonds. The molecule has 1 aromatic heterocycles. The van der Waals surface area contributed by atoms with Crippen molar-refractivity contribution in [3.05, 3.63) is 57.8 Å². The number of hydrogen-bond donors (Lipinski definition) is 2. The van der Waals surface area contributed by atoms with Gasteiger partial charge in [0.05, 0.1) is 21.4 Å². The van der Waals surface area contributed by atoms with Gasteiger partial charge in [0.15, 0.2) is 0 Å². The molecule has 0 atom stereocenters. The van der Waals surface area contributed by atoms with Gasteiger partial charge < -0.3 is 20.3 Å². The van der Waals surface area contributed by atoms with Gasteiger partial charge in [0.25, 0.3) is 0 Å². The highest BCUT2D eigenvalue weighted by Crippen LogP contribution is 2.37. The Morgan fingerprint density at radius 2 is 1.94 bits per heavy atom. The maximum atomic E-state index is 12.5. The van der Waals surface area contributed by atoms with E-state index >= 15 is 0 Å². The van der Waals surface area contributed by atoms with Crippen molar-refractivity contribution in [2.45, 2.75) is 26.3 Å². The Kier molecular flexibility index (Phi) is 6.67. The minimum absolute atomic E-state index is 0.188. The van der Waals surface area contributed by atoms with Crippen LogP contribution >= 0.6 is 23.2 Å². The Hall–Kier alpha value is -3.31. The molecule has 0 bridgehead atoms. The highest BCUT2D eigenvalue weighted by molar-refractivity contribution is 6.41. The van der Waals surface area contributed by atoms with Crippen LogP contribution in [0.4, 0.5) is 36.4 Å². The lowest BCUT2D eigenvalue weighted by atomic mass is 10.00. The molecular formula is C21H17Cl2F3N6O2. The van der Waals surface area contributed by atoms with Crippen LogP contribution in [-0.4, -0.2) is 33.8 Å². The van der Waals surface area contributed by atoms with Crippen LogP contribution in [0.3, 0.4) is 0 Å². The number of benzene rings is 2. The molecule has 0 radical (unpaired) electrons. The third kappa shape index (κ3) is 5.60. The number of carbonyl (C=O) groups is 1. The lowest BCUT2D eigenvalue weighted by Crippen LogP contribution is -2.32. The number of rotatable bonds is 5. The number of anilines is 4. The second kappa shape index (κ2) is 9.51. The first-order valence-corrected chi connectivity index (χ1v) is 10.7. The summed E-state index contributed by atoms with van der Waals surface area (Å²) in [6.07, 6.45) is -2.92. The Bertz CT molecular complexity index is 1240. The van der Waals surface area contributed by atoms with Crippen molar-refractivity contribution in [2.24, 2.45) is 0 Å². The van der Waals surface area contributed by atoms with E-state index in [1.165, 1.54) is 25.4 Å². The molecule has 2 heterocycles. The van der Waals surface area contributed by atoms with Gasteiger partial charge in [0, 0.05) is 20.0 Å². The molecular weight excluding hydrogens is 496 g/mol. The van der Waals surface area contributed by atoms with Gasteiger partial charge in [-0.2, -0.15) is 4.98 Å². The maximum absolute atomic E-state index is 12.5. The van der Waals surface area contributed by atoms with E-state index in [0.29, 0.717) is 31.1 Å². The van der Waals surface area contributed by atoms with Crippen LogP contribution in [0.1, 0.15) is 18.1 Å². The molecule has 0 saturated carbocycles. The average Bonchev–Trinajstić information content (AvgIpc) is 2.77. The van der Waals surface area contributed by atoms with Gasteiger partial charge >= 0.3 is 6.36 Å². The van der Waals surface area contributed by atoms with Crippen molar-refractivity contribution in [2.75, 3.05) is 22.1 Å². The van der Waals surface area contributed by atoms with Crippen molar-refractivity contribution in [1.82, 2.24) is 15.0 Å². The number of alkyl halides is 3. The zero-order valence-corrected chi connectivity index (χ0v) is 19.1. The SMILES string of the molecule is CC(=O)Nc1c(Cl)ccc(Nc2ncnc(N3CCc4cc(OC(F)(F)F)ccc4C3)n2)c1Cl. The van der Waals surface area contributed by atoms with Crippen LogP contribution in [0.2, 0.25) is 10.0 Å². The average molecular weight is 513 g/mol. The van der Waals surface area contributed by atoms with Crippen LogP contribution in [0.25, 0.3) is 0 Å². The predicted molar refractivity (Wildman–Crippen MR) is 122 cm³/mol. The Morgan fingerprint density at radius 1 is 1.15 bits per heavy atom. The fourth-order valence-corrected chi connectivity index (χ4v) is 3.97. The molecule has 178 valence electrons. The van der Waals surface area contributed by atoms with Gasteiger partial charge in [-0.15, -0.1) is 13.2 Å². The third-order valence-corrected chi connectivity index (χ3v) is 5.61. The van der Waals surface area contributed by atoms with Crippen LogP contribution < -0.4 is 20.3 Å². The van der Waals surface area contributed by atoms with Gasteiger partial charge in [0.2, 0.25) is 17.8 Å². The second-order valence-corrected chi connectivity index (χ2v) is 8.13. The third-order valence-electron chi connectivity index (χ3n) is 4.90. The van der Waals surface area contributed by atoms with Gasteiger partial charge in [-0.05, 0) is 41.8 Å². The van der Waals surface area contributed by atoms with Gasteiger partial charge in [-0.25, -0.2) is 9.97 Å². The van der Waals surface area contributed by atoms with Gasteiger partial charge in [-0.1, -0.05) is 29.3 Å². The molecule has 34 heavy (non-hydrogen) atoms. The van der Waals surface area contributed by atoms with Crippen molar-refractivity contribution in [3.63, 3.8) is 0 Å².